The molecule has 0 aliphatic rings. The number of carbonyl (C=O) groups excluding carboxylic acids is 2. The minimum absolute atomic E-state index is 0.158. The smallest absolute Gasteiger partial charge is 0.269 e. The normalized spacial score (nSPS) is 10.3. The van der Waals surface area contributed by atoms with Crippen LogP contribution in [-0.2, 0) is 10.5 Å². The molecule has 0 saturated heterocycles. The van der Waals surface area contributed by atoms with Crippen LogP contribution in [0.1, 0.15) is 35.7 Å². The summed E-state index contributed by atoms with van der Waals surface area (Å²) in [6, 6.07) is 10.9. The topological polar surface area (TPSA) is 76.7 Å². The van der Waals surface area contributed by atoms with Gasteiger partial charge in [-0.3, -0.25) is 20.4 Å². The number of benzene rings is 2. The monoisotopic (exact) mass is 420 g/mol. The molecule has 8 heteroatoms. The van der Waals surface area contributed by atoms with Crippen LogP contribution < -0.4 is 20.3 Å². The minimum atomic E-state index is -0.458. The molecule has 0 spiro atoms. The van der Waals surface area contributed by atoms with Gasteiger partial charge in [0, 0.05) is 11.3 Å². The number of amides is 2. The number of unbranched alkanes of at least 4 members (excludes halogenated alkanes) is 1. The van der Waals surface area contributed by atoms with Gasteiger partial charge >= 0.3 is 0 Å². The Bertz CT molecular complexity index is 815. The number of nitrogens with one attached hydrogen (secondary N) is 2. The van der Waals surface area contributed by atoms with Crippen LogP contribution in [0.3, 0.4) is 0 Å². The highest BCUT2D eigenvalue weighted by Crippen LogP contribution is 2.28. The molecule has 0 atom stereocenters. The van der Waals surface area contributed by atoms with E-state index in [-0.39, 0.29) is 17.5 Å². The van der Waals surface area contributed by atoms with Gasteiger partial charge in [-0.2, -0.15) is 0 Å². The van der Waals surface area contributed by atoms with E-state index in [1.165, 1.54) is 31.0 Å². The van der Waals surface area contributed by atoms with Gasteiger partial charge in [0.15, 0.2) is 11.5 Å². The number of halogens is 1. The van der Waals surface area contributed by atoms with E-state index < -0.39 is 5.91 Å². The zero-order valence-electron chi connectivity index (χ0n) is 16.5. The third-order valence-corrected chi connectivity index (χ3v) is 4.92. The molecule has 0 aliphatic carbocycles. The zero-order chi connectivity index (χ0) is 21.1. The number of thioether (sulfide) groups is 1. The van der Waals surface area contributed by atoms with Gasteiger partial charge in [-0.25, -0.2) is 4.39 Å². The van der Waals surface area contributed by atoms with Crippen molar-refractivity contribution in [3.63, 3.8) is 0 Å². The number of hydrogen-bond donors (Lipinski definition) is 2. The van der Waals surface area contributed by atoms with Gasteiger partial charge in [-0.05, 0) is 42.3 Å². The van der Waals surface area contributed by atoms with E-state index in [0.29, 0.717) is 29.4 Å². The van der Waals surface area contributed by atoms with Crippen LogP contribution in [-0.4, -0.2) is 31.3 Å². The van der Waals surface area contributed by atoms with Gasteiger partial charge < -0.3 is 9.47 Å². The van der Waals surface area contributed by atoms with Crippen LogP contribution in [0.5, 0.6) is 11.5 Å². The van der Waals surface area contributed by atoms with Crippen LogP contribution in [0.15, 0.2) is 42.5 Å². The highest BCUT2D eigenvalue weighted by atomic mass is 32.2. The average Bonchev–Trinajstić information content (AvgIpc) is 2.73. The van der Waals surface area contributed by atoms with Crippen molar-refractivity contribution in [1.82, 2.24) is 10.9 Å². The molecule has 2 aromatic rings. The molecule has 2 amide bonds. The SMILES string of the molecule is CCCCOc1ccc(C(=O)NNC(=O)CSCc2ccc(F)cc2)cc1OC. The van der Waals surface area contributed by atoms with Crippen molar-refractivity contribution < 1.29 is 23.5 Å². The number of carbonyl (C=O) groups is 2. The van der Waals surface area contributed by atoms with Gasteiger partial charge in [0.05, 0.1) is 19.5 Å². The van der Waals surface area contributed by atoms with E-state index in [9.17, 15) is 14.0 Å². The van der Waals surface area contributed by atoms with Crippen LogP contribution in [0, 0.1) is 5.82 Å². The molecule has 29 heavy (non-hydrogen) atoms. The summed E-state index contributed by atoms with van der Waals surface area (Å²) < 4.78 is 23.8. The fourth-order valence-electron chi connectivity index (χ4n) is 2.33. The van der Waals surface area contributed by atoms with Crippen molar-refractivity contribution in [2.75, 3.05) is 19.5 Å². The molecular formula is C21H25FN2O4S. The van der Waals surface area contributed by atoms with E-state index in [4.69, 9.17) is 9.47 Å². The molecular weight excluding hydrogens is 395 g/mol. The molecule has 0 unspecified atom stereocenters. The van der Waals surface area contributed by atoms with Crippen molar-refractivity contribution in [2.45, 2.75) is 25.5 Å². The van der Waals surface area contributed by atoms with Gasteiger partial charge in [0.2, 0.25) is 5.91 Å². The summed E-state index contributed by atoms with van der Waals surface area (Å²) in [5.41, 5.74) is 6.01. The van der Waals surface area contributed by atoms with Crippen LogP contribution in [0.25, 0.3) is 0 Å². The zero-order valence-corrected chi connectivity index (χ0v) is 17.3. The maximum atomic E-state index is 12.9. The Morgan fingerprint density at radius 3 is 2.52 bits per heavy atom. The maximum Gasteiger partial charge on any atom is 0.269 e. The molecule has 0 saturated carbocycles. The van der Waals surface area contributed by atoms with E-state index in [1.54, 1.807) is 30.3 Å². The third kappa shape index (κ3) is 7.65. The van der Waals surface area contributed by atoms with Crippen molar-refractivity contribution >= 4 is 23.6 Å². The van der Waals surface area contributed by atoms with Crippen molar-refractivity contribution in [2.24, 2.45) is 0 Å². The second-order valence-electron chi connectivity index (χ2n) is 6.19. The summed E-state index contributed by atoms with van der Waals surface area (Å²) in [7, 11) is 1.50. The standard InChI is InChI=1S/C21H25FN2O4S/c1-3-4-11-28-18-10-7-16(12-19(18)27-2)21(26)24-23-20(25)14-29-13-15-5-8-17(22)9-6-15/h5-10,12H,3-4,11,13-14H2,1-2H3,(H,23,25)(H,24,26). The minimum Gasteiger partial charge on any atom is -0.493 e. The van der Waals surface area contributed by atoms with Crippen molar-refractivity contribution in [3.05, 3.63) is 59.4 Å². The Morgan fingerprint density at radius 2 is 1.83 bits per heavy atom. The van der Waals surface area contributed by atoms with Crippen LogP contribution >= 0.6 is 11.8 Å². The number of rotatable bonds is 10. The molecule has 156 valence electrons. The first-order chi connectivity index (χ1) is 14.0. The fraction of sp³-hybridized carbons (Fsp3) is 0.333. The Hall–Kier alpha value is -2.74. The average molecular weight is 421 g/mol. The molecule has 2 N–H and O–H groups in total. The summed E-state index contributed by atoms with van der Waals surface area (Å²) in [6.45, 7) is 2.65. The van der Waals surface area contributed by atoms with Crippen LogP contribution in [0.2, 0.25) is 0 Å². The molecule has 0 aromatic heterocycles. The second-order valence-corrected chi connectivity index (χ2v) is 7.17. The lowest BCUT2D eigenvalue weighted by Gasteiger charge is -2.12. The summed E-state index contributed by atoms with van der Waals surface area (Å²) in [5.74, 6) is 0.658. The molecule has 2 rings (SSSR count). The van der Waals surface area contributed by atoms with Crippen molar-refractivity contribution in [1.29, 1.82) is 0 Å². The highest BCUT2D eigenvalue weighted by Gasteiger charge is 2.12. The Labute approximate surface area is 174 Å². The summed E-state index contributed by atoms with van der Waals surface area (Å²) in [4.78, 5) is 24.1. The van der Waals surface area contributed by atoms with Crippen LogP contribution in [0.4, 0.5) is 4.39 Å². The lowest BCUT2D eigenvalue weighted by atomic mass is 10.2. The Morgan fingerprint density at radius 1 is 1.07 bits per heavy atom. The maximum absolute atomic E-state index is 12.9. The summed E-state index contributed by atoms with van der Waals surface area (Å²) in [5, 5.41) is 0. The quantitative estimate of drug-likeness (QED) is 0.453. The van der Waals surface area contributed by atoms with Crippen molar-refractivity contribution in [3.8, 4) is 11.5 Å². The van der Waals surface area contributed by atoms with E-state index >= 15 is 0 Å². The van der Waals surface area contributed by atoms with E-state index in [0.717, 1.165) is 18.4 Å². The number of methoxy groups -OCH3 is 1. The first-order valence-corrected chi connectivity index (χ1v) is 10.4. The summed E-state index contributed by atoms with van der Waals surface area (Å²) >= 11 is 1.36. The predicted molar refractivity (Wildman–Crippen MR) is 112 cm³/mol. The highest BCUT2D eigenvalue weighted by molar-refractivity contribution is 7.99. The third-order valence-electron chi connectivity index (χ3n) is 3.91. The van der Waals surface area contributed by atoms with Gasteiger partial charge in [-0.15, -0.1) is 11.8 Å². The van der Waals surface area contributed by atoms with Gasteiger partial charge in [-0.1, -0.05) is 25.5 Å². The first-order valence-electron chi connectivity index (χ1n) is 9.25. The second kappa shape index (κ2) is 12.0. The Balaban J connectivity index is 1.78. The van der Waals surface area contributed by atoms with E-state index in [1.807, 2.05) is 0 Å². The molecule has 0 bridgehead atoms. The summed E-state index contributed by atoms with van der Waals surface area (Å²) in [6.07, 6.45) is 1.95. The molecule has 6 nitrogen and oxygen atoms in total. The van der Waals surface area contributed by atoms with Gasteiger partial charge in [0.1, 0.15) is 5.82 Å². The largest absolute Gasteiger partial charge is 0.493 e. The first kappa shape index (κ1) is 22.5. The molecule has 0 fully saturated rings. The molecule has 0 heterocycles. The van der Waals surface area contributed by atoms with Gasteiger partial charge in [0.25, 0.3) is 5.91 Å². The predicted octanol–water partition coefficient (Wildman–Crippen LogP) is 3.71. The lowest BCUT2D eigenvalue weighted by molar-refractivity contribution is -0.119. The number of hydrazine groups is 1. The number of hydrogen-bond acceptors (Lipinski definition) is 5. The molecule has 0 radical (unpaired) electrons. The molecule has 2 aromatic carbocycles. The lowest BCUT2D eigenvalue weighted by Crippen LogP contribution is -2.42. The molecule has 0 aliphatic heterocycles. The van der Waals surface area contributed by atoms with E-state index in [2.05, 4.69) is 17.8 Å². The Kier molecular flexibility index (Phi) is 9.30. The fourth-order valence-corrected chi connectivity index (χ4v) is 3.12. The number of ether oxygens (including phenoxy) is 2.